The van der Waals surface area contributed by atoms with Crippen molar-refractivity contribution in [3.05, 3.63) is 58.6 Å². The van der Waals surface area contributed by atoms with Gasteiger partial charge in [0.2, 0.25) is 5.91 Å². The van der Waals surface area contributed by atoms with Crippen LogP contribution in [0.1, 0.15) is 17.2 Å². The first kappa shape index (κ1) is 19.8. The van der Waals surface area contributed by atoms with E-state index < -0.39 is 0 Å². The van der Waals surface area contributed by atoms with Crippen LogP contribution in [0, 0.1) is 0 Å². The first-order chi connectivity index (χ1) is 12.7. The van der Waals surface area contributed by atoms with Gasteiger partial charge < -0.3 is 19.7 Å². The quantitative estimate of drug-likeness (QED) is 0.846. The smallest absolute Gasteiger partial charge is 0.227 e. The third kappa shape index (κ3) is 4.32. The summed E-state index contributed by atoms with van der Waals surface area (Å²) in [4.78, 5) is 14.9. The molecule has 1 atom stereocenters. The molecule has 0 spiro atoms. The van der Waals surface area contributed by atoms with Crippen LogP contribution in [0.15, 0.2) is 42.5 Å². The molecule has 1 N–H and O–H groups in total. The first-order valence-corrected chi connectivity index (χ1v) is 9.23. The lowest BCUT2D eigenvalue weighted by Gasteiger charge is -2.37. The number of benzene rings is 2. The number of piperazine rings is 1. The molecule has 2 aromatic rings. The summed E-state index contributed by atoms with van der Waals surface area (Å²) in [7, 11) is 0. The van der Waals surface area contributed by atoms with Gasteiger partial charge in [0.15, 0.2) is 11.5 Å². The zero-order valence-corrected chi connectivity index (χ0v) is 16.4. The van der Waals surface area contributed by atoms with E-state index >= 15 is 0 Å². The second kappa shape index (κ2) is 8.83. The van der Waals surface area contributed by atoms with Crippen LogP contribution in [0.25, 0.3) is 0 Å². The van der Waals surface area contributed by atoms with Gasteiger partial charge in [-0.25, -0.2) is 0 Å². The second-order valence-electron chi connectivity index (χ2n) is 6.48. The number of halogens is 2. The lowest BCUT2D eigenvalue weighted by molar-refractivity contribution is -0.133. The van der Waals surface area contributed by atoms with Gasteiger partial charge >= 0.3 is 0 Å². The van der Waals surface area contributed by atoms with E-state index in [2.05, 4.69) is 5.32 Å². The topological polar surface area (TPSA) is 50.8 Å². The molecule has 2 aliphatic rings. The molecular formula is C20H22Cl2N2O3. The van der Waals surface area contributed by atoms with Crippen molar-refractivity contribution in [1.82, 2.24) is 10.2 Å². The molecule has 7 heteroatoms. The highest BCUT2D eigenvalue weighted by atomic mass is 35.5. The fourth-order valence-electron chi connectivity index (χ4n) is 3.50. The molecule has 27 heavy (non-hydrogen) atoms. The van der Waals surface area contributed by atoms with Crippen LogP contribution in [0.3, 0.4) is 0 Å². The van der Waals surface area contributed by atoms with Crippen LogP contribution in [0.5, 0.6) is 11.5 Å². The van der Waals surface area contributed by atoms with Crippen molar-refractivity contribution in [2.45, 2.75) is 12.5 Å². The third-order valence-electron chi connectivity index (χ3n) is 4.79. The van der Waals surface area contributed by atoms with Crippen molar-refractivity contribution in [2.24, 2.45) is 0 Å². The van der Waals surface area contributed by atoms with E-state index in [1.165, 1.54) is 0 Å². The fourth-order valence-corrected chi connectivity index (χ4v) is 3.76. The maximum atomic E-state index is 13.0. The van der Waals surface area contributed by atoms with Crippen molar-refractivity contribution < 1.29 is 14.3 Å². The van der Waals surface area contributed by atoms with Gasteiger partial charge in [-0.05, 0) is 29.3 Å². The van der Waals surface area contributed by atoms with Crippen molar-refractivity contribution in [1.29, 1.82) is 0 Å². The molecule has 0 radical (unpaired) electrons. The van der Waals surface area contributed by atoms with Crippen LogP contribution < -0.4 is 14.8 Å². The highest BCUT2D eigenvalue weighted by Crippen LogP contribution is 2.32. The molecule has 144 valence electrons. The minimum atomic E-state index is -0.0536. The molecule has 2 aliphatic heterocycles. The molecule has 0 aliphatic carbocycles. The van der Waals surface area contributed by atoms with E-state index in [9.17, 15) is 4.79 Å². The van der Waals surface area contributed by atoms with E-state index in [0.717, 1.165) is 23.4 Å². The Balaban J connectivity index is 0.00000210. The Labute approximate surface area is 170 Å². The van der Waals surface area contributed by atoms with Crippen molar-refractivity contribution in [3.63, 3.8) is 0 Å². The molecule has 0 bridgehead atoms. The van der Waals surface area contributed by atoms with Gasteiger partial charge in [-0.15, -0.1) is 12.4 Å². The Morgan fingerprint density at radius 3 is 2.74 bits per heavy atom. The Kier molecular flexibility index (Phi) is 6.47. The molecule has 1 unspecified atom stereocenters. The summed E-state index contributed by atoms with van der Waals surface area (Å²) >= 11 is 6.37. The molecule has 5 nitrogen and oxygen atoms in total. The summed E-state index contributed by atoms with van der Waals surface area (Å²) in [5.41, 5.74) is 1.91. The van der Waals surface area contributed by atoms with Gasteiger partial charge in [0, 0.05) is 24.7 Å². The second-order valence-corrected chi connectivity index (χ2v) is 6.89. The number of carbonyl (C=O) groups is 1. The summed E-state index contributed by atoms with van der Waals surface area (Å²) < 4.78 is 11.2. The van der Waals surface area contributed by atoms with Crippen molar-refractivity contribution >= 4 is 29.9 Å². The predicted octanol–water partition coefficient (Wildman–Crippen LogP) is 3.25. The number of carbonyl (C=O) groups excluding carboxylic acids is 1. The van der Waals surface area contributed by atoms with Crippen LogP contribution in [-0.4, -0.2) is 43.7 Å². The maximum absolute atomic E-state index is 13.0. The number of amides is 1. The average molecular weight is 409 g/mol. The van der Waals surface area contributed by atoms with E-state index in [1.54, 1.807) is 0 Å². The third-order valence-corrected chi connectivity index (χ3v) is 5.13. The summed E-state index contributed by atoms with van der Waals surface area (Å²) in [6, 6.07) is 13.4. The average Bonchev–Trinajstić information content (AvgIpc) is 2.68. The minimum absolute atomic E-state index is 0. The molecule has 1 saturated heterocycles. The molecule has 4 rings (SSSR count). The normalized spacial score (nSPS) is 18.6. The van der Waals surface area contributed by atoms with Gasteiger partial charge in [-0.1, -0.05) is 35.9 Å². The Bertz CT molecular complexity index is 816. The Hall–Kier alpha value is -1.95. The van der Waals surface area contributed by atoms with Crippen LogP contribution in [-0.2, 0) is 11.2 Å². The Morgan fingerprint density at radius 2 is 1.93 bits per heavy atom. The van der Waals surface area contributed by atoms with Crippen molar-refractivity contribution in [2.75, 3.05) is 32.8 Å². The number of nitrogens with one attached hydrogen (secondary N) is 1. The largest absolute Gasteiger partial charge is 0.486 e. The van der Waals surface area contributed by atoms with E-state index in [0.29, 0.717) is 43.5 Å². The number of rotatable bonds is 3. The van der Waals surface area contributed by atoms with Crippen molar-refractivity contribution in [3.8, 4) is 11.5 Å². The Morgan fingerprint density at radius 1 is 1.15 bits per heavy atom. The lowest BCUT2D eigenvalue weighted by Crippen LogP contribution is -2.49. The molecular weight excluding hydrogens is 387 g/mol. The fraction of sp³-hybridized carbons (Fsp3) is 0.350. The SMILES string of the molecule is Cl.O=C(Cc1ccc2c(c1)OCCO2)N1CCNCC1c1ccccc1Cl. The number of nitrogens with zero attached hydrogens (tertiary/aromatic N) is 1. The van der Waals surface area contributed by atoms with Crippen LogP contribution >= 0.6 is 24.0 Å². The summed E-state index contributed by atoms with van der Waals surface area (Å²) in [5.74, 6) is 1.54. The molecule has 2 heterocycles. The molecule has 0 saturated carbocycles. The standard InChI is InChI=1S/C20H21ClN2O3.ClH/c21-16-4-2-1-3-15(16)17-13-22-7-8-23(17)20(24)12-14-5-6-18-19(11-14)26-10-9-25-18;/h1-6,11,17,22H,7-10,12-13H2;1H. The van der Waals surface area contributed by atoms with E-state index in [4.69, 9.17) is 21.1 Å². The highest BCUT2D eigenvalue weighted by molar-refractivity contribution is 6.31. The lowest BCUT2D eigenvalue weighted by atomic mass is 10.0. The van der Waals surface area contributed by atoms with Gasteiger partial charge in [-0.2, -0.15) is 0 Å². The molecule has 0 aromatic heterocycles. The summed E-state index contributed by atoms with van der Waals surface area (Å²) in [6.07, 6.45) is 0.331. The zero-order chi connectivity index (χ0) is 17.9. The number of fused-ring (bicyclic) bond motifs is 1. The monoisotopic (exact) mass is 408 g/mol. The van der Waals surface area contributed by atoms with Gasteiger partial charge in [-0.3, -0.25) is 4.79 Å². The van der Waals surface area contributed by atoms with Gasteiger partial charge in [0.25, 0.3) is 0 Å². The number of hydrogen-bond donors (Lipinski definition) is 1. The predicted molar refractivity (Wildman–Crippen MR) is 107 cm³/mol. The number of hydrogen-bond acceptors (Lipinski definition) is 4. The summed E-state index contributed by atoms with van der Waals surface area (Å²) in [5, 5.41) is 4.05. The van der Waals surface area contributed by atoms with Crippen LogP contribution in [0.2, 0.25) is 5.02 Å². The molecule has 1 fully saturated rings. The number of ether oxygens (including phenoxy) is 2. The minimum Gasteiger partial charge on any atom is -0.486 e. The summed E-state index contributed by atoms with van der Waals surface area (Å²) in [6.45, 7) is 3.26. The molecule has 1 amide bonds. The highest BCUT2D eigenvalue weighted by Gasteiger charge is 2.29. The van der Waals surface area contributed by atoms with E-state index in [-0.39, 0.29) is 24.4 Å². The van der Waals surface area contributed by atoms with Gasteiger partial charge in [0.05, 0.1) is 12.5 Å². The van der Waals surface area contributed by atoms with Gasteiger partial charge in [0.1, 0.15) is 13.2 Å². The first-order valence-electron chi connectivity index (χ1n) is 8.85. The molecule has 2 aromatic carbocycles. The van der Waals surface area contributed by atoms with E-state index in [1.807, 2.05) is 47.4 Å². The zero-order valence-electron chi connectivity index (χ0n) is 14.8. The van der Waals surface area contributed by atoms with Crippen LogP contribution in [0.4, 0.5) is 0 Å². The maximum Gasteiger partial charge on any atom is 0.227 e.